The lowest BCUT2D eigenvalue weighted by atomic mass is 10.1. The number of hydrogen-bond acceptors (Lipinski definition) is 4. The third kappa shape index (κ3) is 2.32. The summed E-state index contributed by atoms with van der Waals surface area (Å²) in [5, 5.41) is 0.682. The fourth-order valence-electron chi connectivity index (χ4n) is 1.68. The quantitative estimate of drug-likeness (QED) is 0.471. The number of aldehydes is 1. The molecule has 1 heterocycles. The van der Waals surface area contributed by atoms with Gasteiger partial charge in [0.1, 0.15) is 17.6 Å². The molecule has 0 radical (unpaired) electrons. The second kappa shape index (κ2) is 5.31. The molecule has 4 heteroatoms. The summed E-state index contributed by atoms with van der Waals surface area (Å²) < 4.78 is 10.5. The molecule has 0 aliphatic carbocycles. The van der Waals surface area contributed by atoms with Crippen LogP contribution in [0.25, 0.3) is 17.0 Å². The Hall–Kier alpha value is -2.36. The van der Waals surface area contributed by atoms with Crippen LogP contribution in [0.4, 0.5) is 0 Å². The number of hydrogen-bond donors (Lipinski definition) is 0. The van der Waals surface area contributed by atoms with Gasteiger partial charge in [-0.2, -0.15) is 0 Å². The lowest BCUT2D eigenvalue weighted by Gasteiger charge is -2.01. The first-order valence-corrected chi connectivity index (χ1v) is 5.57. The van der Waals surface area contributed by atoms with Crippen LogP contribution in [0.3, 0.4) is 0 Å². The van der Waals surface area contributed by atoms with Gasteiger partial charge in [0.15, 0.2) is 0 Å². The van der Waals surface area contributed by atoms with Crippen LogP contribution in [0.2, 0.25) is 0 Å². The van der Waals surface area contributed by atoms with E-state index in [1.165, 1.54) is 6.08 Å². The molecule has 0 bridgehead atoms. The fourth-order valence-corrected chi connectivity index (χ4v) is 1.68. The summed E-state index contributed by atoms with van der Waals surface area (Å²) in [7, 11) is 0. The Morgan fingerprint density at radius 3 is 3.00 bits per heavy atom. The van der Waals surface area contributed by atoms with Crippen LogP contribution in [-0.4, -0.2) is 18.9 Å². The first kappa shape index (κ1) is 12.1. The fraction of sp³-hybridized carbons (Fsp3) is 0.143. The first-order chi connectivity index (χ1) is 8.76. The number of furan rings is 1. The van der Waals surface area contributed by atoms with Crippen LogP contribution in [0.1, 0.15) is 23.0 Å². The number of esters is 1. The highest BCUT2D eigenvalue weighted by Gasteiger charge is 2.13. The van der Waals surface area contributed by atoms with Crippen molar-refractivity contribution in [2.75, 3.05) is 6.61 Å². The zero-order valence-corrected chi connectivity index (χ0v) is 9.88. The zero-order valence-electron chi connectivity index (χ0n) is 9.88. The SMILES string of the molecule is CCOC(=O)c1cccc2oc(/C=C\C=O)cc12. The van der Waals surface area contributed by atoms with Crippen LogP contribution in [0.15, 0.2) is 34.8 Å². The third-order valence-electron chi connectivity index (χ3n) is 2.41. The monoisotopic (exact) mass is 244 g/mol. The van der Waals surface area contributed by atoms with E-state index in [2.05, 4.69) is 0 Å². The van der Waals surface area contributed by atoms with Gasteiger partial charge in [0.05, 0.1) is 12.2 Å². The van der Waals surface area contributed by atoms with Gasteiger partial charge < -0.3 is 9.15 Å². The molecule has 2 aromatic rings. The number of benzene rings is 1. The van der Waals surface area contributed by atoms with Crippen LogP contribution < -0.4 is 0 Å². The molecule has 4 nitrogen and oxygen atoms in total. The number of rotatable bonds is 4. The van der Waals surface area contributed by atoms with Gasteiger partial charge in [-0.3, -0.25) is 4.79 Å². The van der Waals surface area contributed by atoms with E-state index in [1.54, 1.807) is 37.3 Å². The Bertz CT molecular complexity index is 607. The lowest BCUT2D eigenvalue weighted by Crippen LogP contribution is -2.04. The minimum atomic E-state index is -0.380. The summed E-state index contributed by atoms with van der Waals surface area (Å²) in [6.45, 7) is 2.08. The molecule has 0 atom stereocenters. The second-order valence-corrected chi connectivity index (χ2v) is 3.58. The summed E-state index contributed by atoms with van der Waals surface area (Å²) in [5.41, 5.74) is 1.05. The molecule has 2 rings (SSSR count). The summed E-state index contributed by atoms with van der Waals surface area (Å²) >= 11 is 0. The van der Waals surface area contributed by atoms with Crippen molar-refractivity contribution in [2.24, 2.45) is 0 Å². The summed E-state index contributed by atoms with van der Waals surface area (Å²) in [6, 6.07) is 6.88. The van der Waals surface area contributed by atoms with Crippen LogP contribution in [-0.2, 0) is 9.53 Å². The molecule has 18 heavy (non-hydrogen) atoms. The van der Waals surface area contributed by atoms with E-state index in [0.717, 1.165) is 0 Å². The molecule has 92 valence electrons. The summed E-state index contributed by atoms with van der Waals surface area (Å²) in [5.74, 6) is 0.142. The van der Waals surface area contributed by atoms with Crippen molar-refractivity contribution in [3.63, 3.8) is 0 Å². The van der Waals surface area contributed by atoms with Gasteiger partial charge in [0.25, 0.3) is 0 Å². The Balaban J connectivity index is 2.48. The number of allylic oxidation sites excluding steroid dienone is 1. The average Bonchev–Trinajstić information content (AvgIpc) is 2.79. The molecule has 0 spiro atoms. The Kier molecular flexibility index (Phi) is 3.57. The Labute approximate surface area is 104 Å². The molecule has 0 amide bonds. The lowest BCUT2D eigenvalue weighted by molar-refractivity contribution is -0.104. The number of ether oxygens (including phenoxy) is 1. The molecule has 0 aliphatic heterocycles. The molecule has 0 unspecified atom stereocenters. The largest absolute Gasteiger partial charge is 0.462 e. The normalized spacial score (nSPS) is 10.9. The van der Waals surface area contributed by atoms with Gasteiger partial charge in [-0.15, -0.1) is 0 Å². The average molecular weight is 244 g/mol. The standard InChI is InChI=1S/C14H12O4/c1-2-17-14(16)11-6-3-7-13-12(11)9-10(18-13)5-4-8-15/h3-9H,2H2,1H3/b5-4-. The molecule has 0 aliphatic rings. The van der Waals surface area contributed by atoms with Crippen molar-refractivity contribution in [2.45, 2.75) is 6.92 Å². The van der Waals surface area contributed by atoms with E-state index < -0.39 is 0 Å². The van der Waals surface area contributed by atoms with E-state index in [9.17, 15) is 9.59 Å². The van der Waals surface area contributed by atoms with E-state index in [-0.39, 0.29) is 5.97 Å². The van der Waals surface area contributed by atoms with Gasteiger partial charge >= 0.3 is 5.97 Å². The zero-order chi connectivity index (χ0) is 13.0. The predicted octanol–water partition coefficient (Wildman–Crippen LogP) is 2.82. The van der Waals surface area contributed by atoms with E-state index >= 15 is 0 Å². The van der Waals surface area contributed by atoms with Gasteiger partial charge in [0.2, 0.25) is 0 Å². The second-order valence-electron chi connectivity index (χ2n) is 3.58. The van der Waals surface area contributed by atoms with Crippen molar-refractivity contribution in [1.29, 1.82) is 0 Å². The smallest absolute Gasteiger partial charge is 0.338 e. The molecular weight excluding hydrogens is 232 g/mol. The highest BCUT2D eigenvalue weighted by atomic mass is 16.5. The molecular formula is C14H12O4. The van der Waals surface area contributed by atoms with Crippen molar-refractivity contribution >= 4 is 29.3 Å². The van der Waals surface area contributed by atoms with E-state index in [0.29, 0.717) is 35.2 Å². The highest BCUT2D eigenvalue weighted by molar-refractivity contribution is 6.03. The van der Waals surface area contributed by atoms with Crippen LogP contribution in [0, 0.1) is 0 Å². The summed E-state index contributed by atoms with van der Waals surface area (Å²) in [6.07, 6.45) is 3.54. The Morgan fingerprint density at radius 1 is 1.44 bits per heavy atom. The van der Waals surface area contributed by atoms with Gasteiger partial charge in [-0.05, 0) is 37.3 Å². The maximum Gasteiger partial charge on any atom is 0.338 e. The van der Waals surface area contributed by atoms with E-state index in [1.807, 2.05) is 0 Å². The minimum Gasteiger partial charge on any atom is -0.462 e. The molecule has 1 aromatic carbocycles. The Morgan fingerprint density at radius 2 is 2.28 bits per heavy atom. The molecule has 0 saturated heterocycles. The molecule has 0 N–H and O–H groups in total. The van der Waals surface area contributed by atoms with Crippen LogP contribution in [0.5, 0.6) is 0 Å². The number of fused-ring (bicyclic) bond motifs is 1. The number of carbonyl (C=O) groups excluding carboxylic acids is 2. The maximum absolute atomic E-state index is 11.7. The van der Waals surface area contributed by atoms with Gasteiger partial charge in [-0.1, -0.05) is 6.07 Å². The topological polar surface area (TPSA) is 56.5 Å². The third-order valence-corrected chi connectivity index (χ3v) is 2.41. The molecule has 1 aromatic heterocycles. The van der Waals surface area contributed by atoms with Crippen molar-refractivity contribution in [3.05, 3.63) is 41.7 Å². The maximum atomic E-state index is 11.7. The van der Waals surface area contributed by atoms with Gasteiger partial charge in [0, 0.05) is 5.39 Å². The molecule has 0 fully saturated rings. The van der Waals surface area contributed by atoms with Crippen LogP contribution >= 0.6 is 0 Å². The number of carbonyl (C=O) groups is 2. The van der Waals surface area contributed by atoms with E-state index in [4.69, 9.17) is 9.15 Å². The van der Waals surface area contributed by atoms with Crippen molar-refractivity contribution < 1.29 is 18.7 Å². The highest BCUT2D eigenvalue weighted by Crippen LogP contribution is 2.24. The molecule has 0 saturated carbocycles. The minimum absolute atomic E-state index is 0.324. The van der Waals surface area contributed by atoms with Gasteiger partial charge in [-0.25, -0.2) is 4.79 Å². The van der Waals surface area contributed by atoms with Crippen molar-refractivity contribution in [3.8, 4) is 0 Å². The summed E-state index contributed by atoms with van der Waals surface area (Å²) in [4.78, 5) is 22.0. The van der Waals surface area contributed by atoms with Crippen molar-refractivity contribution in [1.82, 2.24) is 0 Å². The first-order valence-electron chi connectivity index (χ1n) is 5.57. The predicted molar refractivity (Wildman–Crippen MR) is 67.3 cm³/mol.